The second kappa shape index (κ2) is 5.31. The maximum atomic E-state index is 5.98. The number of para-hydroxylation sites is 1. The Hall–Kier alpha value is -1.68. The highest BCUT2D eigenvalue weighted by Crippen LogP contribution is 2.25. The van der Waals surface area contributed by atoms with Crippen LogP contribution in [0, 0.1) is 5.41 Å². The predicted octanol–water partition coefficient (Wildman–Crippen LogP) is 2.64. The number of hydrogen-bond acceptors (Lipinski definition) is 3. The first-order chi connectivity index (χ1) is 8.68. The number of halogens is 1. The van der Waals surface area contributed by atoms with Crippen LogP contribution in [0.1, 0.15) is 12.7 Å². The van der Waals surface area contributed by atoms with Gasteiger partial charge >= 0.3 is 0 Å². The molecule has 0 fully saturated rings. The largest absolute Gasteiger partial charge is 0.197 e. The molecule has 4 nitrogen and oxygen atoms in total. The van der Waals surface area contributed by atoms with Crippen molar-refractivity contribution in [2.75, 3.05) is 5.88 Å². The molecule has 1 aromatic heterocycles. The average Bonchev–Trinajstić information content (AvgIpc) is 2.87. The fraction of sp³-hybridized carbons (Fsp3) is 0.308. The monoisotopic (exact) mass is 262 g/mol. The maximum Gasteiger partial charge on any atom is 0.157 e. The molecule has 0 aliphatic rings. The van der Waals surface area contributed by atoms with E-state index >= 15 is 0 Å². The summed E-state index contributed by atoms with van der Waals surface area (Å²) in [5, 5.41) is 11.8. The van der Waals surface area contributed by atoms with Gasteiger partial charge in [-0.1, -0.05) is 31.2 Å². The highest BCUT2D eigenvalue weighted by atomic mass is 35.5. The van der Waals surface area contributed by atoms with E-state index in [1.54, 1.807) is 4.68 Å². The van der Waals surface area contributed by atoms with Crippen LogP contribution in [-0.4, -0.2) is 26.1 Å². The molecule has 94 valence electrons. The van der Waals surface area contributed by atoms with Crippen LogP contribution in [0.25, 0.3) is 5.69 Å². The molecule has 0 N–H and O–H groups in total. The third-order valence-electron chi connectivity index (χ3n) is 2.89. The van der Waals surface area contributed by atoms with E-state index in [-0.39, 0.29) is 5.41 Å². The van der Waals surface area contributed by atoms with Crippen LogP contribution >= 0.6 is 11.6 Å². The molecule has 0 saturated heterocycles. The molecule has 2 aromatic rings. The average molecular weight is 263 g/mol. The third kappa shape index (κ3) is 2.59. The molecule has 0 saturated carbocycles. The SMILES string of the molecule is C=CC(C)(CCl)Cc1nnnn1-c1ccccc1. The Bertz CT molecular complexity index is 523. The van der Waals surface area contributed by atoms with Gasteiger partial charge in [-0.15, -0.1) is 23.3 Å². The van der Waals surface area contributed by atoms with E-state index in [2.05, 4.69) is 22.1 Å². The second-order valence-corrected chi connectivity index (χ2v) is 4.78. The van der Waals surface area contributed by atoms with Crippen LogP contribution in [0.5, 0.6) is 0 Å². The molecule has 1 atom stereocenters. The van der Waals surface area contributed by atoms with Gasteiger partial charge in [-0.2, -0.15) is 4.68 Å². The van der Waals surface area contributed by atoms with Gasteiger partial charge in [0.15, 0.2) is 5.82 Å². The zero-order valence-corrected chi connectivity index (χ0v) is 11.0. The Balaban J connectivity index is 2.32. The van der Waals surface area contributed by atoms with E-state index in [4.69, 9.17) is 11.6 Å². The predicted molar refractivity (Wildman–Crippen MR) is 71.9 cm³/mol. The van der Waals surface area contributed by atoms with Crippen molar-refractivity contribution in [2.45, 2.75) is 13.3 Å². The lowest BCUT2D eigenvalue weighted by Crippen LogP contribution is -2.21. The van der Waals surface area contributed by atoms with Crippen molar-refractivity contribution in [3.05, 3.63) is 48.8 Å². The van der Waals surface area contributed by atoms with Crippen LogP contribution in [0.4, 0.5) is 0 Å². The van der Waals surface area contributed by atoms with Crippen LogP contribution in [-0.2, 0) is 6.42 Å². The minimum absolute atomic E-state index is 0.206. The zero-order chi connectivity index (χ0) is 13.0. The number of benzene rings is 1. The number of aromatic nitrogens is 4. The summed E-state index contributed by atoms with van der Waals surface area (Å²) in [6.07, 6.45) is 2.51. The van der Waals surface area contributed by atoms with Gasteiger partial charge in [-0.25, -0.2) is 0 Å². The molecule has 0 spiro atoms. The second-order valence-electron chi connectivity index (χ2n) is 4.51. The Kier molecular flexibility index (Phi) is 3.77. The summed E-state index contributed by atoms with van der Waals surface area (Å²) >= 11 is 5.98. The van der Waals surface area contributed by atoms with Gasteiger partial charge in [-0.05, 0) is 22.6 Å². The Morgan fingerprint density at radius 1 is 1.39 bits per heavy atom. The molecule has 0 amide bonds. The smallest absolute Gasteiger partial charge is 0.157 e. The zero-order valence-electron chi connectivity index (χ0n) is 10.3. The molecular weight excluding hydrogens is 248 g/mol. The van der Waals surface area contributed by atoms with Crippen molar-refractivity contribution >= 4 is 11.6 Å². The van der Waals surface area contributed by atoms with Gasteiger partial charge in [-0.3, -0.25) is 0 Å². The van der Waals surface area contributed by atoms with Gasteiger partial charge in [0.05, 0.1) is 5.69 Å². The van der Waals surface area contributed by atoms with Crippen molar-refractivity contribution in [2.24, 2.45) is 5.41 Å². The standard InChI is InChI=1S/C13H15ClN4/c1-3-13(2,10-14)9-12-15-16-17-18(12)11-7-5-4-6-8-11/h3-8H,1,9-10H2,2H3. The van der Waals surface area contributed by atoms with E-state index in [9.17, 15) is 0 Å². The van der Waals surface area contributed by atoms with E-state index in [0.29, 0.717) is 12.3 Å². The molecule has 1 heterocycles. The number of tetrazole rings is 1. The van der Waals surface area contributed by atoms with Crippen LogP contribution in [0.3, 0.4) is 0 Å². The van der Waals surface area contributed by atoms with Crippen molar-refractivity contribution in [3.8, 4) is 5.69 Å². The van der Waals surface area contributed by atoms with Gasteiger partial charge in [0.1, 0.15) is 0 Å². The van der Waals surface area contributed by atoms with Gasteiger partial charge in [0, 0.05) is 17.7 Å². The fourth-order valence-electron chi connectivity index (χ4n) is 1.62. The highest BCUT2D eigenvalue weighted by Gasteiger charge is 2.23. The van der Waals surface area contributed by atoms with Crippen molar-refractivity contribution < 1.29 is 0 Å². The minimum Gasteiger partial charge on any atom is -0.197 e. The van der Waals surface area contributed by atoms with E-state index in [1.807, 2.05) is 43.3 Å². The molecule has 2 rings (SSSR count). The summed E-state index contributed by atoms with van der Waals surface area (Å²) < 4.78 is 1.73. The summed E-state index contributed by atoms with van der Waals surface area (Å²) in [4.78, 5) is 0. The first-order valence-electron chi connectivity index (χ1n) is 5.71. The summed E-state index contributed by atoms with van der Waals surface area (Å²) in [6.45, 7) is 5.86. The van der Waals surface area contributed by atoms with Crippen molar-refractivity contribution in [3.63, 3.8) is 0 Å². The molecule has 0 bridgehead atoms. The highest BCUT2D eigenvalue weighted by molar-refractivity contribution is 6.18. The quantitative estimate of drug-likeness (QED) is 0.615. The van der Waals surface area contributed by atoms with Crippen LogP contribution in [0.15, 0.2) is 43.0 Å². The van der Waals surface area contributed by atoms with Gasteiger partial charge in [0.25, 0.3) is 0 Å². The van der Waals surface area contributed by atoms with E-state index < -0.39 is 0 Å². The summed E-state index contributed by atoms with van der Waals surface area (Å²) in [6, 6.07) is 9.79. The maximum absolute atomic E-state index is 5.98. The lowest BCUT2D eigenvalue weighted by atomic mass is 9.89. The molecule has 18 heavy (non-hydrogen) atoms. The summed E-state index contributed by atoms with van der Waals surface area (Å²) in [7, 11) is 0. The molecule has 5 heteroatoms. The number of hydrogen-bond donors (Lipinski definition) is 0. The van der Waals surface area contributed by atoms with Gasteiger partial charge < -0.3 is 0 Å². The van der Waals surface area contributed by atoms with Gasteiger partial charge in [0.2, 0.25) is 0 Å². The Morgan fingerprint density at radius 3 is 2.72 bits per heavy atom. The van der Waals surface area contributed by atoms with Crippen molar-refractivity contribution in [1.82, 2.24) is 20.2 Å². The fourth-order valence-corrected chi connectivity index (χ4v) is 1.82. The first-order valence-corrected chi connectivity index (χ1v) is 6.24. The van der Waals surface area contributed by atoms with E-state index in [1.165, 1.54) is 0 Å². The van der Waals surface area contributed by atoms with Crippen LogP contribution < -0.4 is 0 Å². The number of alkyl halides is 1. The Morgan fingerprint density at radius 2 is 2.11 bits per heavy atom. The van der Waals surface area contributed by atoms with Crippen LogP contribution in [0.2, 0.25) is 0 Å². The summed E-state index contributed by atoms with van der Waals surface area (Å²) in [5.74, 6) is 1.27. The summed E-state index contributed by atoms with van der Waals surface area (Å²) in [5.41, 5.74) is 0.737. The number of allylic oxidation sites excluding steroid dienone is 1. The molecule has 0 aliphatic carbocycles. The van der Waals surface area contributed by atoms with Crippen molar-refractivity contribution in [1.29, 1.82) is 0 Å². The third-order valence-corrected chi connectivity index (χ3v) is 3.51. The lowest BCUT2D eigenvalue weighted by molar-refractivity contribution is 0.465. The molecule has 1 aromatic carbocycles. The molecule has 0 radical (unpaired) electrons. The molecular formula is C13H15ClN4. The van der Waals surface area contributed by atoms with E-state index in [0.717, 1.165) is 11.5 Å². The Labute approximate surface area is 111 Å². The minimum atomic E-state index is -0.206. The topological polar surface area (TPSA) is 43.6 Å². The normalized spacial score (nSPS) is 14.1. The number of rotatable bonds is 5. The molecule has 1 unspecified atom stereocenters. The molecule has 0 aliphatic heterocycles. The first kappa shape index (κ1) is 12.8. The number of nitrogens with zero attached hydrogens (tertiary/aromatic N) is 4. The lowest BCUT2D eigenvalue weighted by Gasteiger charge is -2.21.